The van der Waals surface area contributed by atoms with Crippen LogP contribution in [-0.4, -0.2) is 16.1 Å². The lowest BCUT2D eigenvalue weighted by Crippen LogP contribution is -2.00. The zero-order valence-corrected chi connectivity index (χ0v) is 5.53. The largest absolute Gasteiger partial charge is 0.478 e. The molecule has 0 radical (unpaired) electrons. The fourth-order valence-electron chi connectivity index (χ4n) is 0.710. The van der Waals surface area contributed by atoms with E-state index < -0.39 is 5.97 Å². The standard InChI is InChI=1S/C7H7NO2/c1-5-6(7(9)10)3-2-4-8-5/h2-4H,1H3,(H,9,10)/i1+1,5+1,6+1,7+1. The summed E-state index contributed by atoms with van der Waals surface area (Å²) >= 11 is 0. The summed E-state index contributed by atoms with van der Waals surface area (Å²) in [6, 6.07) is 3.14. The highest BCUT2D eigenvalue weighted by Crippen LogP contribution is 2.01. The number of pyridine rings is 1. The zero-order valence-electron chi connectivity index (χ0n) is 5.53. The molecule has 1 aromatic heterocycles. The van der Waals surface area contributed by atoms with Crippen molar-refractivity contribution in [2.45, 2.75) is 6.92 Å². The third-order valence-electron chi connectivity index (χ3n) is 1.24. The molecule has 0 atom stereocenters. The van der Waals surface area contributed by atoms with Gasteiger partial charge in [-0.1, -0.05) is 0 Å². The van der Waals surface area contributed by atoms with Gasteiger partial charge in [-0.3, -0.25) is 4.98 Å². The van der Waals surface area contributed by atoms with Crippen LogP contribution in [0.15, 0.2) is 18.3 Å². The Labute approximate surface area is 58.3 Å². The van der Waals surface area contributed by atoms with E-state index in [0.717, 1.165) is 0 Å². The van der Waals surface area contributed by atoms with Gasteiger partial charge in [0.05, 0.1) is 11.3 Å². The van der Waals surface area contributed by atoms with Gasteiger partial charge in [0.2, 0.25) is 0 Å². The van der Waals surface area contributed by atoms with E-state index in [1.165, 1.54) is 6.07 Å². The fraction of sp³-hybridized carbons (Fsp3) is 0.143. The van der Waals surface area contributed by atoms with Crippen LogP contribution >= 0.6 is 0 Å². The minimum atomic E-state index is -0.925. The number of rotatable bonds is 1. The van der Waals surface area contributed by atoms with Crippen molar-refractivity contribution in [1.29, 1.82) is 0 Å². The van der Waals surface area contributed by atoms with Gasteiger partial charge in [-0.25, -0.2) is 4.79 Å². The highest BCUT2D eigenvalue weighted by molar-refractivity contribution is 5.88. The highest BCUT2D eigenvalue weighted by Gasteiger charge is 2.04. The van der Waals surface area contributed by atoms with Gasteiger partial charge < -0.3 is 5.11 Å². The second-order valence-corrected chi connectivity index (χ2v) is 1.94. The van der Waals surface area contributed by atoms with E-state index in [1.807, 2.05) is 0 Å². The summed E-state index contributed by atoms with van der Waals surface area (Å²) in [5, 5.41) is 8.53. The molecule has 1 heterocycles. The van der Waals surface area contributed by atoms with Crippen molar-refractivity contribution < 1.29 is 9.90 Å². The number of hydrogen-bond acceptors (Lipinski definition) is 2. The van der Waals surface area contributed by atoms with Crippen molar-refractivity contribution in [1.82, 2.24) is 4.98 Å². The van der Waals surface area contributed by atoms with Gasteiger partial charge in [0.25, 0.3) is 0 Å². The summed E-state index contributed by atoms with van der Waals surface area (Å²) in [6.07, 6.45) is 1.57. The second-order valence-electron chi connectivity index (χ2n) is 1.94. The van der Waals surface area contributed by atoms with E-state index in [1.54, 1.807) is 19.2 Å². The Kier molecular flexibility index (Phi) is 1.67. The monoisotopic (exact) mass is 141 g/mol. The van der Waals surface area contributed by atoms with E-state index in [2.05, 4.69) is 4.98 Å². The first-order valence-corrected chi connectivity index (χ1v) is 2.86. The third-order valence-corrected chi connectivity index (χ3v) is 1.24. The summed E-state index contributed by atoms with van der Waals surface area (Å²) in [5.41, 5.74) is 0.817. The average Bonchev–Trinajstić information content (AvgIpc) is 1.88. The van der Waals surface area contributed by atoms with E-state index >= 15 is 0 Å². The molecule has 1 aromatic rings. The molecule has 0 aliphatic heterocycles. The molecule has 52 valence electrons. The number of carbonyl (C=O) groups is 1. The van der Waals surface area contributed by atoms with Crippen LogP contribution in [0.3, 0.4) is 0 Å². The summed E-state index contributed by atoms with van der Waals surface area (Å²) in [7, 11) is 0. The van der Waals surface area contributed by atoms with Gasteiger partial charge >= 0.3 is 5.97 Å². The molecule has 3 heteroatoms. The first kappa shape index (κ1) is 6.74. The first-order chi connectivity index (χ1) is 4.72. The SMILES string of the molecule is [13CH3][13c]1nccc[13c]1[13C](=O)O. The molecule has 1 rings (SSSR count). The van der Waals surface area contributed by atoms with Crippen molar-refractivity contribution in [2.75, 3.05) is 0 Å². The van der Waals surface area contributed by atoms with Crippen molar-refractivity contribution in [3.05, 3.63) is 29.6 Å². The number of carboxylic acids is 1. The molecule has 3 nitrogen and oxygen atoms in total. The Bertz CT molecular complexity index is 258. The van der Waals surface area contributed by atoms with Crippen LogP contribution in [0.25, 0.3) is 0 Å². The van der Waals surface area contributed by atoms with Crippen molar-refractivity contribution in [3.8, 4) is 0 Å². The minimum Gasteiger partial charge on any atom is -0.478 e. The Hall–Kier alpha value is -1.38. The Morgan fingerprint density at radius 3 is 2.80 bits per heavy atom. The predicted molar refractivity (Wildman–Crippen MR) is 35.9 cm³/mol. The van der Waals surface area contributed by atoms with Gasteiger partial charge in [0.1, 0.15) is 0 Å². The number of aromatic nitrogens is 1. The molecule has 0 saturated carbocycles. The normalized spacial score (nSPS) is 9.30. The molecular formula is C7H7NO2. The van der Waals surface area contributed by atoms with Crippen LogP contribution in [0, 0.1) is 6.92 Å². The molecule has 0 fully saturated rings. The fourth-order valence-corrected chi connectivity index (χ4v) is 0.710. The molecule has 1 N–H and O–H groups in total. The molecule has 0 unspecified atom stereocenters. The minimum absolute atomic E-state index is 0.266. The molecule has 0 aromatic carbocycles. The molecule has 0 spiro atoms. The average molecular weight is 141 g/mol. The Morgan fingerprint density at radius 1 is 1.70 bits per heavy atom. The van der Waals surface area contributed by atoms with Crippen molar-refractivity contribution in [2.24, 2.45) is 0 Å². The Morgan fingerprint density at radius 2 is 2.40 bits per heavy atom. The second kappa shape index (κ2) is 2.47. The maximum atomic E-state index is 10.4. The van der Waals surface area contributed by atoms with E-state index in [0.29, 0.717) is 5.69 Å². The molecular weight excluding hydrogens is 134 g/mol. The molecule has 10 heavy (non-hydrogen) atoms. The maximum Gasteiger partial charge on any atom is 0.337 e. The van der Waals surface area contributed by atoms with Gasteiger partial charge in [-0.05, 0) is 19.1 Å². The summed E-state index contributed by atoms with van der Waals surface area (Å²) in [4.78, 5) is 14.2. The number of nitrogens with zero attached hydrogens (tertiary/aromatic N) is 1. The van der Waals surface area contributed by atoms with E-state index in [-0.39, 0.29) is 5.56 Å². The quantitative estimate of drug-likeness (QED) is 0.595. The van der Waals surface area contributed by atoms with Gasteiger partial charge in [0, 0.05) is 6.20 Å². The predicted octanol–water partition coefficient (Wildman–Crippen LogP) is 1.09. The van der Waals surface area contributed by atoms with Crippen LogP contribution < -0.4 is 0 Å². The third kappa shape index (κ3) is 1.13. The lowest BCUT2D eigenvalue weighted by molar-refractivity contribution is 0.0695. The van der Waals surface area contributed by atoms with Gasteiger partial charge in [0.15, 0.2) is 0 Å². The van der Waals surface area contributed by atoms with Crippen LogP contribution in [-0.2, 0) is 0 Å². The molecule has 0 aliphatic carbocycles. The Balaban J connectivity index is 3.15. The molecule has 0 saturated heterocycles. The van der Waals surface area contributed by atoms with Crippen molar-refractivity contribution in [3.63, 3.8) is 0 Å². The number of aromatic carboxylic acids is 1. The van der Waals surface area contributed by atoms with Gasteiger partial charge in [-0.2, -0.15) is 0 Å². The van der Waals surface area contributed by atoms with Crippen LogP contribution in [0.1, 0.15) is 16.1 Å². The lowest BCUT2D eigenvalue weighted by Gasteiger charge is -1.95. The highest BCUT2D eigenvalue weighted by atomic mass is 16.5. The number of hydrogen-bond donors (Lipinski definition) is 1. The first-order valence-electron chi connectivity index (χ1n) is 2.86. The summed E-state index contributed by atoms with van der Waals surface area (Å²) in [6.45, 7) is 1.67. The number of carboxylic acid groups (broad SMARTS) is 1. The zero-order chi connectivity index (χ0) is 7.56. The van der Waals surface area contributed by atoms with E-state index in [9.17, 15) is 4.79 Å². The van der Waals surface area contributed by atoms with Crippen LogP contribution in [0.4, 0.5) is 0 Å². The van der Waals surface area contributed by atoms with Gasteiger partial charge in [-0.15, -0.1) is 0 Å². The lowest BCUT2D eigenvalue weighted by atomic mass is 10.6. The van der Waals surface area contributed by atoms with Crippen LogP contribution in [0.2, 0.25) is 0 Å². The smallest absolute Gasteiger partial charge is 0.337 e. The van der Waals surface area contributed by atoms with E-state index in [4.69, 9.17) is 5.11 Å². The van der Waals surface area contributed by atoms with Crippen LogP contribution in [0.5, 0.6) is 0 Å². The maximum absolute atomic E-state index is 10.4. The topological polar surface area (TPSA) is 50.2 Å². The summed E-state index contributed by atoms with van der Waals surface area (Å²) in [5.74, 6) is -0.925. The molecule has 0 bridgehead atoms. The summed E-state index contributed by atoms with van der Waals surface area (Å²) < 4.78 is 0. The molecule has 0 aliphatic rings. The number of aryl methyl sites for hydroxylation is 1. The van der Waals surface area contributed by atoms with Crippen molar-refractivity contribution >= 4 is 5.97 Å². The molecule has 0 amide bonds.